The smallest absolute Gasteiger partial charge is 0.252 e. The molecule has 1 aromatic heterocycles. The van der Waals surface area contributed by atoms with Gasteiger partial charge in [0.2, 0.25) is 0 Å². The molecular formula is C7H9ClN2O. The van der Waals surface area contributed by atoms with Crippen molar-refractivity contribution in [3.8, 4) is 5.88 Å². The highest BCUT2D eigenvalue weighted by atomic mass is 35.5. The van der Waals surface area contributed by atoms with Gasteiger partial charge in [-0.05, 0) is 12.5 Å². The second-order valence-electron chi connectivity index (χ2n) is 2.05. The van der Waals surface area contributed by atoms with Crippen LogP contribution in [0, 0.1) is 0 Å². The van der Waals surface area contributed by atoms with Gasteiger partial charge in [-0.2, -0.15) is 5.10 Å². The van der Waals surface area contributed by atoms with Crippen LogP contribution in [0.15, 0.2) is 6.07 Å². The van der Waals surface area contributed by atoms with E-state index in [-0.39, 0.29) is 0 Å². The summed E-state index contributed by atoms with van der Waals surface area (Å²) < 4.78 is 4.84. The number of hydrogen-bond donors (Lipinski definition) is 0. The van der Waals surface area contributed by atoms with Gasteiger partial charge in [0.1, 0.15) is 5.02 Å². The van der Waals surface area contributed by atoms with Gasteiger partial charge in [0.05, 0.1) is 12.8 Å². The number of halogens is 1. The fourth-order valence-electron chi connectivity index (χ4n) is 0.705. The lowest BCUT2D eigenvalue weighted by Crippen LogP contribution is -1.95. The summed E-state index contributed by atoms with van der Waals surface area (Å²) in [6, 6.07) is 1.76. The predicted octanol–water partition coefficient (Wildman–Crippen LogP) is 1.70. The van der Waals surface area contributed by atoms with Gasteiger partial charge in [-0.15, -0.1) is 5.10 Å². The third kappa shape index (κ3) is 1.80. The van der Waals surface area contributed by atoms with Crippen LogP contribution < -0.4 is 4.74 Å². The van der Waals surface area contributed by atoms with Crippen LogP contribution in [0.2, 0.25) is 5.02 Å². The Bertz CT molecular complexity index is 252. The lowest BCUT2D eigenvalue weighted by molar-refractivity contribution is 0.391. The summed E-state index contributed by atoms with van der Waals surface area (Å²) in [6.45, 7) is 1.99. The summed E-state index contributed by atoms with van der Waals surface area (Å²) in [4.78, 5) is 0. The molecule has 1 rings (SSSR count). The van der Waals surface area contributed by atoms with Crippen molar-refractivity contribution in [1.82, 2.24) is 10.2 Å². The zero-order chi connectivity index (χ0) is 8.27. The SMILES string of the molecule is CCc1cc(Cl)c(OC)nn1. The number of rotatable bonds is 2. The van der Waals surface area contributed by atoms with Gasteiger partial charge >= 0.3 is 0 Å². The second kappa shape index (κ2) is 3.53. The van der Waals surface area contributed by atoms with E-state index in [1.807, 2.05) is 6.92 Å². The Morgan fingerprint density at radius 1 is 1.55 bits per heavy atom. The molecule has 0 aromatic carbocycles. The van der Waals surface area contributed by atoms with E-state index in [2.05, 4.69) is 10.2 Å². The summed E-state index contributed by atoms with van der Waals surface area (Å²) in [5, 5.41) is 8.15. The molecule has 0 N–H and O–H groups in total. The summed E-state index contributed by atoms with van der Waals surface area (Å²) in [5.41, 5.74) is 0.871. The molecule has 0 radical (unpaired) electrons. The third-order valence-corrected chi connectivity index (χ3v) is 1.59. The highest BCUT2D eigenvalue weighted by Crippen LogP contribution is 2.20. The standard InChI is InChI=1S/C7H9ClN2O/c1-3-5-4-6(8)7(11-2)10-9-5/h4H,3H2,1-2H3. The maximum Gasteiger partial charge on any atom is 0.252 e. The van der Waals surface area contributed by atoms with Crippen LogP contribution in [0.1, 0.15) is 12.6 Å². The maximum atomic E-state index is 5.78. The van der Waals surface area contributed by atoms with E-state index in [9.17, 15) is 0 Å². The van der Waals surface area contributed by atoms with Crippen LogP contribution in [0.4, 0.5) is 0 Å². The van der Waals surface area contributed by atoms with Crippen molar-refractivity contribution in [2.45, 2.75) is 13.3 Å². The number of methoxy groups -OCH3 is 1. The Morgan fingerprint density at radius 2 is 2.27 bits per heavy atom. The topological polar surface area (TPSA) is 35.0 Å². The molecule has 0 spiro atoms. The van der Waals surface area contributed by atoms with Gasteiger partial charge in [0, 0.05) is 0 Å². The molecule has 0 saturated carbocycles. The molecule has 0 atom stereocenters. The number of aryl methyl sites for hydroxylation is 1. The maximum absolute atomic E-state index is 5.78. The molecule has 0 aliphatic carbocycles. The summed E-state index contributed by atoms with van der Waals surface area (Å²) >= 11 is 5.78. The van der Waals surface area contributed by atoms with Crippen LogP contribution in [0.5, 0.6) is 5.88 Å². The number of aromatic nitrogens is 2. The van der Waals surface area contributed by atoms with Crippen molar-refractivity contribution >= 4 is 11.6 Å². The molecule has 1 heterocycles. The minimum Gasteiger partial charge on any atom is -0.479 e. The van der Waals surface area contributed by atoms with Crippen LogP contribution in [-0.2, 0) is 6.42 Å². The van der Waals surface area contributed by atoms with E-state index >= 15 is 0 Å². The molecule has 0 amide bonds. The number of hydrogen-bond acceptors (Lipinski definition) is 3. The highest BCUT2D eigenvalue weighted by Gasteiger charge is 2.02. The molecule has 4 heteroatoms. The Morgan fingerprint density at radius 3 is 2.73 bits per heavy atom. The van der Waals surface area contributed by atoms with Crippen molar-refractivity contribution < 1.29 is 4.74 Å². The predicted molar refractivity (Wildman–Crippen MR) is 43.0 cm³/mol. The van der Waals surface area contributed by atoms with Crippen LogP contribution in [-0.4, -0.2) is 17.3 Å². The van der Waals surface area contributed by atoms with E-state index in [1.54, 1.807) is 6.07 Å². The molecule has 0 aliphatic rings. The second-order valence-corrected chi connectivity index (χ2v) is 2.45. The summed E-state index contributed by atoms with van der Waals surface area (Å²) in [7, 11) is 1.52. The minimum absolute atomic E-state index is 0.379. The van der Waals surface area contributed by atoms with E-state index in [1.165, 1.54) is 7.11 Å². The van der Waals surface area contributed by atoms with Crippen molar-refractivity contribution in [2.24, 2.45) is 0 Å². The zero-order valence-corrected chi connectivity index (χ0v) is 7.22. The average Bonchev–Trinajstić information content (AvgIpc) is 2.04. The highest BCUT2D eigenvalue weighted by molar-refractivity contribution is 6.31. The molecule has 0 bridgehead atoms. The Balaban J connectivity index is 2.99. The van der Waals surface area contributed by atoms with Crippen LogP contribution in [0.25, 0.3) is 0 Å². The molecule has 1 aromatic rings. The van der Waals surface area contributed by atoms with E-state index < -0.39 is 0 Å². The third-order valence-electron chi connectivity index (χ3n) is 1.32. The molecule has 60 valence electrons. The Kier molecular flexibility index (Phi) is 2.65. The van der Waals surface area contributed by atoms with Crippen LogP contribution >= 0.6 is 11.6 Å². The van der Waals surface area contributed by atoms with Gasteiger partial charge in [0.15, 0.2) is 0 Å². The lowest BCUT2D eigenvalue weighted by atomic mass is 10.3. The van der Waals surface area contributed by atoms with E-state index in [0.29, 0.717) is 10.9 Å². The van der Waals surface area contributed by atoms with Crippen molar-refractivity contribution in [1.29, 1.82) is 0 Å². The normalized spacial score (nSPS) is 9.73. The summed E-state index contributed by atoms with van der Waals surface area (Å²) in [6.07, 6.45) is 0.830. The monoisotopic (exact) mass is 172 g/mol. The molecule has 0 saturated heterocycles. The summed E-state index contributed by atoms with van der Waals surface area (Å²) in [5.74, 6) is 0.379. The molecule has 0 unspecified atom stereocenters. The molecule has 0 aliphatic heterocycles. The largest absolute Gasteiger partial charge is 0.479 e. The van der Waals surface area contributed by atoms with Crippen molar-refractivity contribution in [3.05, 3.63) is 16.8 Å². The first-order chi connectivity index (χ1) is 5.27. The molecule has 0 fully saturated rings. The molecule has 11 heavy (non-hydrogen) atoms. The van der Waals surface area contributed by atoms with Gasteiger partial charge in [0.25, 0.3) is 5.88 Å². The lowest BCUT2D eigenvalue weighted by Gasteiger charge is -2.00. The van der Waals surface area contributed by atoms with Gasteiger partial charge in [-0.3, -0.25) is 0 Å². The fourth-order valence-corrected chi connectivity index (χ4v) is 0.946. The van der Waals surface area contributed by atoms with Crippen molar-refractivity contribution in [3.63, 3.8) is 0 Å². The number of ether oxygens (including phenoxy) is 1. The van der Waals surface area contributed by atoms with Gasteiger partial charge in [-0.1, -0.05) is 18.5 Å². The minimum atomic E-state index is 0.379. The van der Waals surface area contributed by atoms with Crippen LogP contribution in [0.3, 0.4) is 0 Å². The van der Waals surface area contributed by atoms with E-state index in [4.69, 9.17) is 16.3 Å². The molecular weight excluding hydrogens is 164 g/mol. The zero-order valence-electron chi connectivity index (χ0n) is 6.47. The Hall–Kier alpha value is -0.830. The first kappa shape index (κ1) is 8.27. The Labute approximate surface area is 70.4 Å². The average molecular weight is 173 g/mol. The van der Waals surface area contributed by atoms with Crippen molar-refractivity contribution in [2.75, 3.05) is 7.11 Å². The fraction of sp³-hybridized carbons (Fsp3) is 0.429. The van der Waals surface area contributed by atoms with E-state index in [0.717, 1.165) is 12.1 Å². The molecule has 3 nitrogen and oxygen atoms in total. The number of nitrogens with zero attached hydrogens (tertiary/aromatic N) is 2. The van der Waals surface area contributed by atoms with Gasteiger partial charge in [-0.25, -0.2) is 0 Å². The first-order valence-corrected chi connectivity index (χ1v) is 3.71. The van der Waals surface area contributed by atoms with Gasteiger partial charge < -0.3 is 4.74 Å². The quantitative estimate of drug-likeness (QED) is 0.681. The first-order valence-electron chi connectivity index (χ1n) is 3.34.